The molecule has 4 rings (SSSR count). The number of likely N-dealkylation sites (tertiary alicyclic amines) is 1. The lowest BCUT2D eigenvalue weighted by atomic mass is 9.97. The summed E-state index contributed by atoms with van der Waals surface area (Å²) in [4.78, 5) is 23.8. The summed E-state index contributed by atoms with van der Waals surface area (Å²) in [5, 5.41) is 0. The molecule has 0 atom stereocenters. The minimum atomic E-state index is -0.0106. The van der Waals surface area contributed by atoms with E-state index in [4.69, 9.17) is 4.74 Å². The fraction of sp³-hybridized carbons (Fsp3) is 0.350. The zero-order valence-electron chi connectivity index (χ0n) is 14.8. The van der Waals surface area contributed by atoms with Crippen molar-refractivity contribution in [3.63, 3.8) is 0 Å². The minimum absolute atomic E-state index is 0.0106. The number of carbonyl (C=O) groups is 1. The maximum atomic E-state index is 12.9. The lowest BCUT2D eigenvalue weighted by molar-refractivity contribution is 0.0609. The molecule has 0 N–H and O–H groups in total. The molecule has 3 heterocycles. The summed E-state index contributed by atoms with van der Waals surface area (Å²) in [7, 11) is 1.73. The van der Waals surface area contributed by atoms with Crippen LogP contribution in [0.15, 0.2) is 48.9 Å². The maximum Gasteiger partial charge on any atom is 0.274 e. The topological polar surface area (TPSA) is 59.7 Å². The summed E-state index contributed by atoms with van der Waals surface area (Å²) in [5.41, 5.74) is 2.95. The Hall–Kier alpha value is -2.73. The van der Waals surface area contributed by atoms with E-state index >= 15 is 0 Å². The number of rotatable bonds is 4. The van der Waals surface area contributed by atoms with Crippen LogP contribution in [0.2, 0.25) is 0 Å². The number of aromatic nitrogens is 3. The molecule has 1 saturated heterocycles. The second kappa shape index (κ2) is 7.25. The van der Waals surface area contributed by atoms with Crippen LogP contribution in [0.4, 0.5) is 0 Å². The van der Waals surface area contributed by atoms with Crippen molar-refractivity contribution in [2.75, 3.05) is 26.8 Å². The van der Waals surface area contributed by atoms with Gasteiger partial charge in [0, 0.05) is 51.0 Å². The molecule has 6 nitrogen and oxygen atoms in total. The van der Waals surface area contributed by atoms with Crippen molar-refractivity contribution in [2.24, 2.45) is 5.92 Å². The highest BCUT2D eigenvalue weighted by atomic mass is 16.5. The molecule has 0 bridgehead atoms. The van der Waals surface area contributed by atoms with E-state index in [1.807, 2.05) is 45.8 Å². The van der Waals surface area contributed by atoms with Crippen molar-refractivity contribution < 1.29 is 9.53 Å². The number of carbonyl (C=O) groups excluding carboxylic acids is 1. The lowest BCUT2D eigenvalue weighted by Crippen LogP contribution is -2.39. The first-order valence-electron chi connectivity index (χ1n) is 8.93. The Balaban J connectivity index is 1.59. The molecular formula is C20H22N4O2. The lowest BCUT2D eigenvalue weighted by Gasteiger charge is -2.31. The van der Waals surface area contributed by atoms with Gasteiger partial charge >= 0.3 is 0 Å². The molecule has 1 aliphatic heterocycles. The second-order valence-corrected chi connectivity index (χ2v) is 6.69. The highest BCUT2D eigenvalue weighted by Crippen LogP contribution is 2.23. The van der Waals surface area contributed by atoms with Crippen LogP contribution in [0.5, 0.6) is 0 Å². The summed E-state index contributed by atoms with van der Waals surface area (Å²) in [5.74, 6) is 0.530. The Morgan fingerprint density at radius 2 is 2.00 bits per heavy atom. The van der Waals surface area contributed by atoms with Gasteiger partial charge in [-0.05, 0) is 18.8 Å². The Kier molecular flexibility index (Phi) is 4.67. The van der Waals surface area contributed by atoms with Crippen LogP contribution in [0.3, 0.4) is 0 Å². The number of hydrogen-bond donors (Lipinski definition) is 0. The SMILES string of the molecule is COCC1CCN(C(=O)c2cn3ccnc(-c4ccccc4)c3n2)CC1. The van der Waals surface area contributed by atoms with Crippen LogP contribution >= 0.6 is 0 Å². The van der Waals surface area contributed by atoms with Gasteiger partial charge in [0.2, 0.25) is 0 Å². The molecule has 6 heteroatoms. The molecule has 3 aromatic rings. The molecule has 1 fully saturated rings. The quantitative estimate of drug-likeness (QED) is 0.726. The van der Waals surface area contributed by atoms with Crippen LogP contribution in [0, 0.1) is 5.92 Å². The molecule has 0 unspecified atom stereocenters. The average molecular weight is 350 g/mol. The summed E-state index contributed by atoms with van der Waals surface area (Å²) in [6, 6.07) is 9.91. The number of benzene rings is 1. The average Bonchev–Trinajstić information content (AvgIpc) is 3.13. The molecule has 26 heavy (non-hydrogen) atoms. The Bertz CT molecular complexity index is 899. The van der Waals surface area contributed by atoms with Crippen molar-refractivity contribution >= 4 is 11.6 Å². The van der Waals surface area contributed by atoms with Crippen molar-refractivity contribution in [3.8, 4) is 11.3 Å². The van der Waals surface area contributed by atoms with E-state index in [-0.39, 0.29) is 5.91 Å². The first-order valence-corrected chi connectivity index (χ1v) is 8.93. The van der Waals surface area contributed by atoms with E-state index in [1.165, 1.54) is 0 Å². The van der Waals surface area contributed by atoms with E-state index < -0.39 is 0 Å². The van der Waals surface area contributed by atoms with Crippen LogP contribution in [-0.4, -0.2) is 52.0 Å². The number of nitrogens with zero attached hydrogens (tertiary/aromatic N) is 4. The number of ether oxygens (including phenoxy) is 1. The summed E-state index contributed by atoms with van der Waals surface area (Å²) >= 11 is 0. The zero-order chi connectivity index (χ0) is 17.9. The Morgan fingerprint density at radius 3 is 2.73 bits per heavy atom. The Labute approximate surface area is 152 Å². The van der Waals surface area contributed by atoms with Gasteiger partial charge in [0.1, 0.15) is 11.4 Å². The third-order valence-electron chi connectivity index (χ3n) is 4.95. The second-order valence-electron chi connectivity index (χ2n) is 6.69. The molecule has 0 radical (unpaired) electrons. The molecule has 134 valence electrons. The minimum Gasteiger partial charge on any atom is -0.384 e. The molecule has 0 saturated carbocycles. The fourth-order valence-electron chi connectivity index (χ4n) is 3.52. The van der Waals surface area contributed by atoms with E-state index in [2.05, 4.69) is 9.97 Å². The predicted molar refractivity (Wildman–Crippen MR) is 98.9 cm³/mol. The van der Waals surface area contributed by atoms with Gasteiger partial charge in [-0.1, -0.05) is 30.3 Å². The third kappa shape index (κ3) is 3.20. The number of methoxy groups -OCH3 is 1. The monoisotopic (exact) mass is 350 g/mol. The van der Waals surface area contributed by atoms with E-state index in [0.29, 0.717) is 17.3 Å². The Morgan fingerprint density at radius 1 is 1.23 bits per heavy atom. The van der Waals surface area contributed by atoms with Gasteiger partial charge in [0.05, 0.1) is 0 Å². The molecule has 1 amide bonds. The normalized spacial score (nSPS) is 15.5. The predicted octanol–water partition coefficient (Wildman–Crippen LogP) is 2.89. The smallest absolute Gasteiger partial charge is 0.274 e. The standard InChI is InChI=1S/C20H22N4O2/c1-26-14-15-7-10-23(11-8-15)20(25)17-13-24-12-9-21-18(19(24)22-17)16-5-3-2-4-6-16/h2-6,9,12-13,15H,7-8,10-11,14H2,1H3. The highest BCUT2D eigenvalue weighted by Gasteiger charge is 2.25. The van der Waals surface area contributed by atoms with Crippen LogP contribution < -0.4 is 0 Å². The largest absolute Gasteiger partial charge is 0.384 e. The number of hydrogen-bond acceptors (Lipinski definition) is 4. The zero-order valence-corrected chi connectivity index (χ0v) is 14.8. The van der Waals surface area contributed by atoms with Gasteiger partial charge in [-0.3, -0.25) is 9.78 Å². The molecule has 1 aliphatic rings. The van der Waals surface area contributed by atoms with Gasteiger partial charge in [-0.2, -0.15) is 0 Å². The van der Waals surface area contributed by atoms with Crippen LogP contribution in [-0.2, 0) is 4.74 Å². The molecule has 1 aromatic carbocycles. The van der Waals surface area contributed by atoms with Crippen molar-refractivity contribution in [1.82, 2.24) is 19.3 Å². The highest BCUT2D eigenvalue weighted by molar-refractivity contribution is 5.93. The fourth-order valence-corrected chi connectivity index (χ4v) is 3.52. The van der Waals surface area contributed by atoms with Gasteiger partial charge in [0.25, 0.3) is 5.91 Å². The summed E-state index contributed by atoms with van der Waals surface area (Å²) < 4.78 is 7.11. The maximum absolute atomic E-state index is 12.9. The molecular weight excluding hydrogens is 328 g/mol. The van der Waals surface area contributed by atoms with E-state index in [1.54, 1.807) is 19.5 Å². The first-order chi connectivity index (χ1) is 12.8. The van der Waals surface area contributed by atoms with Crippen LogP contribution in [0.25, 0.3) is 16.9 Å². The van der Waals surface area contributed by atoms with Gasteiger partial charge in [0.15, 0.2) is 5.65 Å². The number of amides is 1. The number of fused-ring (bicyclic) bond motifs is 1. The first kappa shape index (κ1) is 16.7. The van der Waals surface area contributed by atoms with Crippen molar-refractivity contribution in [2.45, 2.75) is 12.8 Å². The molecule has 2 aromatic heterocycles. The van der Waals surface area contributed by atoms with Crippen LogP contribution in [0.1, 0.15) is 23.3 Å². The summed E-state index contributed by atoms with van der Waals surface area (Å²) in [6.07, 6.45) is 7.32. The van der Waals surface area contributed by atoms with Gasteiger partial charge < -0.3 is 14.0 Å². The third-order valence-corrected chi connectivity index (χ3v) is 4.95. The van der Waals surface area contributed by atoms with Crippen molar-refractivity contribution in [3.05, 3.63) is 54.6 Å². The molecule has 0 aliphatic carbocycles. The van der Waals surface area contributed by atoms with Gasteiger partial charge in [-0.15, -0.1) is 0 Å². The number of imidazole rings is 1. The number of piperidine rings is 1. The van der Waals surface area contributed by atoms with E-state index in [9.17, 15) is 4.79 Å². The van der Waals surface area contributed by atoms with Crippen molar-refractivity contribution in [1.29, 1.82) is 0 Å². The van der Waals surface area contributed by atoms with Gasteiger partial charge in [-0.25, -0.2) is 4.98 Å². The summed E-state index contributed by atoms with van der Waals surface area (Å²) in [6.45, 7) is 2.28. The van der Waals surface area contributed by atoms with E-state index in [0.717, 1.165) is 43.8 Å². The molecule has 0 spiro atoms.